The van der Waals surface area contributed by atoms with E-state index < -0.39 is 0 Å². The van der Waals surface area contributed by atoms with Crippen LogP contribution in [0.4, 0.5) is 0 Å². The molecule has 3 heterocycles. The third-order valence-electron chi connectivity index (χ3n) is 4.06. The summed E-state index contributed by atoms with van der Waals surface area (Å²) in [5.41, 5.74) is 1.23. The molecule has 1 N–H and O–H groups in total. The minimum Gasteiger partial charge on any atom is -0.396 e. The molecule has 2 atom stereocenters. The lowest BCUT2D eigenvalue weighted by Crippen LogP contribution is -2.40. The van der Waals surface area contributed by atoms with Crippen molar-refractivity contribution >= 4 is 22.7 Å². The molecule has 2 aromatic heterocycles. The number of aliphatic hydroxyl groups is 1. The maximum absolute atomic E-state index is 9.27. The van der Waals surface area contributed by atoms with Crippen LogP contribution in [-0.2, 0) is 6.54 Å². The summed E-state index contributed by atoms with van der Waals surface area (Å²) in [5, 5.41) is 14.6. The van der Waals surface area contributed by atoms with E-state index >= 15 is 0 Å². The van der Waals surface area contributed by atoms with Crippen LogP contribution >= 0.6 is 22.7 Å². The molecular formula is C15H20N2OS2. The second kappa shape index (κ2) is 6.35. The summed E-state index contributed by atoms with van der Waals surface area (Å²) in [5.74, 6) is 0.490. The Morgan fingerprint density at radius 1 is 1.50 bits per heavy atom. The van der Waals surface area contributed by atoms with Gasteiger partial charge in [-0.3, -0.25) is 4.90 Å². The maximum Gasteiger partial charge on any atom is 0.124 e. The van der Waals surface area contributed by atoms with E-state index in [1.54, 1.807) is 22.7 Å². The van der Waals surface area contributed by atoms with Gasteiger partial charge in [0.15, 0.2) is 0 Å². The number of nitrogens with zero attached hydrogens (tertiary/aromatic N) is 2. The van der Waals surface area contributed by atoms with E-state index in [4.69, 9.17) is 0 Å². The Morgan fingerprint density at radius 3 is 3.10 bits per heavy atom. The molecule has 3 rings (SSSR count). The van der Waals surface area contributed by atoms with E-state index in [1.165, 1.54) is 10.4 Å². The molecule has 0 spiro atoms. The van der Waals surface area contributed by atoms with Gasteiger partial charge in [-0.15, -0.1) is 11.3 Å². The van der Waals surface area contributed by atoms with Gasteiger partial charge in [0.25, 0.3) is 0 Å². The zero-order chi connectivity index (χ0) is 13.9. The van der Waals surface area contributed by atoms with E-state index in [-0.39, 0.29) is 0 Å². The van der Waals surface area contributed by atoms with Crippen molar-refractivity contribution in [2.24, 2.45) is 5.92 Å². The van der Waals surface area contributed by atoms with E-state index in [0.717, 1.165) is 30.9 Å². The van der Waals surface area contributed by atoms with Crippen LogP contribution in [0.2, 0.25) is 0 Å². The summed E-state index contributed by atoms with van der Waals surface area (Å²) in [6.07, 6.45) is 4.23. The average Bonchev–Trinajstić information content (AvgIpc) is 3.11. The number of hydrogen-bond acceptors (Lipinski definition) is 5. The van der Waals surface area contributed by atoms with E-state index in [0.29, 0.717) is 18.6 Å². The SMILES string of the molecule is C[C@H]1C[C@@H](CO)CCN1Cc1cnc(-c2ccsc2)s1. The highest BCUT2D eigenvalue weighted by Gasteiger charge is 2.25. The van der Waals surface area contributed by atoms with Gasteiger partial charge in [0, 0.05) is 41.2 Å². The lowest BCUT2D eigenvalue weighted by molar-refractivity contribution is 0.0846. The van der Waals surface area contributed by atoms with Crippen LogP contribution in [-0.4, -0.2) is 34.2 Å². The van der Waals surface area contributed by atoms with Crippen LogP contribution in [0.15, 0.2) is 23.0 Å². The molecule has 0 aromatic carbocycles. The molecule has 0 bridgehead atoms. The molecule has 1 aliphatic heterocycles. The van der Waals surface area contributed by atoms with Crippen LogP contribution in [0.3, 0.4) is 0 Å². The number of thiazole rings is 1. The summed E-state index contributed by atoms with van der Waals surface area (Å²) in [4.78, 5) is 8.38. The highest BCUT2D eigenvalue weighted by molar-refractivity contribution is 7.15. The van der Waals surface area contributed by atoms with Crippen LogP contribution in [0, 0.1) is 5.92 Å². The first kappa shape index (κ1) is 14.2. The van der Waals surface area contributed by atoms with Crippen LogP contribution in [0.1, 0.15) is 24.6 Å². The van der Waals surface area contributed by atoms with Gasteiger partial charge in [-0.2, -0.15) is 11.3 Å². The summed E-state index contributed by atoms with van der Waals surface area (Å²) < 4.78 is 0. The normalized spacial score (nSPS) is 24.1. The highest BCUT2D eigenvalue weighted by atomic mass is 32.1. The van der Waals surface area contributed by atoms with Crippen molar-refractivity contribution in [2.75, 3.05) is 13.2 Å². The van der Waals surface area contributed by atoms with Gasteiger partial charge < -0.3 is 5.11 Å². The van der Waals surface area contributed by atoms with Gasteiger partial charge in [-0.05, 0) is 43.7 Å². The third-order valence-corrected chi connectivity index (χ3v) is 5.78. The molecule has 1 aliphatic rings. The predicted molar refractivity (Wildman–Crippen MR) is 85.1 cm³/mol. The number of hydrogen-bond donors (Lipinski definition) is 1. The average molecular weight is 308 g/mol. The van der Waals surface area contributed by atoms with Gasteiger partial charge in [-0.1, -0.05) is 0 Å². The van der Waals surface area contributed by atoms with Gasteiger partial charge in [-0.25, -0.2) is 4.98 Å². The van der Waals surface area contributed by atoms with Crippen molar-refractivity contribution in [2.45, 2.75) is 32.4 Å². The Morgan fingerprint density at radius 2 is 2.40 bits per heavy atom. The smallest absolute Gasteiger partial charge is 0.124 e. The molecule has 108 valence electrons. The largest absolute Gasteiger partial charge is 0.396 e. The number of piperidine rings is 1. The minimum atomic E-state index is 0.334. The molecule has 5 heteroatoms. The van der Waals surface area contributed by atoms with Gasteiger partial charge >= 0.3 is 0 Å². The fraction of sp³-hybridized carbons (Fsp3) is 0.533. The van der Waals surface area contributed by atoms with E-state index in [9.17, 15) is 5.11 Å². The van der Waals surface area contributed by atoms with E-state index in [1.807, 2.05) is 6.20 Å². The number of likely N-dealkylation sites (tertiary alicyclic amines) is 1. The zero-order valence-electron chi connectivity index (χ0n) is 11.7. The van der Waals surface area contributed by atoms with Gasteiger partial charge in [0.05, 0.1) is 0 Å². The maximum atomic E-state index is 9.27. The van der Waals surface area contributed by atoms with Crippen LogP contribution in [0.25, 0.3) is 10.6 Å². The quantitative estimate of drug-likeness (QED) is 0.939. The Labute approximate surface area is 127 Å². The second-order valence-electron chi connectivity index (χ2n) is 5.54. The van der Waals surface area contributed by atoms with Crippen molar-refractivity contribution in [1.29, 1.82) is 0 Å². The molecule has 0 radical (unpaired) electrons. The standard InChI is InChI=1S/C15H20N2OS2/c1-11-6-12(9-18)2-4-17(11)8-14-7-16-15(20-14)13-3-5-19-10-13/h3,5,7,10-12,18H,2,4,6,8-9H2,1H3/t11-,12-/m0/s1. The van der Waals surface area contributed by atoms with Crippen molar-refractivity contribution in [3.05, 3.63) is 27.9 Å². The molecule has 1 saturated heterocycles. The number of thiophene rings is 1. The molecule has 3 nitrogen and oxygen atoms in total. The molecule has 0 aliphatic carbocycles. The number of rotatable bonds is 4. The Balaban J connectivity index is 1.64. The molecule has 2 aromatic rings. The first-order valence-corrected chi connectivity index (χ1v) is 8.84. The number of aromatic nitrogens is 1. The molecule has 20 heavy (non-hydrogen) atoms. The molecule has 0 amide bonds. The summed E-state index contributed by atoms with van der Waals surface area (Å²) in [6, 6.07) is 2.68. The van der Waals surface area contributed by atoms with Crippen molar-refractivity contribution in [1.82, 2.24) is 9.88 Å². The lowest BCUT2D eigenvalue weighted by Gasteiger charge is -2.36. The zero-order valence-corrected chi connectivity index (χ0v) is 13.3. The molecule has 0 saturated carbocycles. The Kier molecular flexibility index (Phi) is 4.51. The fourth-order valence-corrected chi connectivity index (χ4v) is 4.47. The summed E-state index contributed by atoms with van der Waals surface area (Å²) in [6.45, 7) is 4.67. The summed E-state index contributed by atoms with van der Waals surface area (Å²) >= 11 is 3.51. The Bertz CT molecular complexity index is 538. The monoisotopic (exact) mass is 308 g/mol. The van der Waals surface area contributed by atoms with Crippen LogP contribution < -0.4 is 0 Å². The van der Waals surface area contributed by atoms with Crippen molar-refractivity contribution < 1.29 is 5.11 Å². The van der Waals surface area contributed by atoms with Crippen molar-refractivity contribution in [3.8, 4) is 10.6 Å². The highest BCUT2D eigenvalue weighted by Crippen LogP contribution is 2.29. The summed E-state index contributed by atoms with van der Waals surface area (Å²) in [7, 11) is 0. The first-order chi connectivity index (χ1) is 9.76. The fourth-order valence-electron chi connectivity index (χ4n) is 2.82. The van der Waals surface area contributed by atoms with Gasteiger partial charge in [0.2, 0.25) is 0 Å². The van der Waals surface area contributed by atoms with Gasteiger partial charge in [0.1, 0.15) is 5.01 Å². The lowest BCUT2D eigenvalue weighted by atomic mass is 9.92. The first-order valence-electron chi connectivity index (χ1n) is 7.08. The topological polar surface area (TPSA) is 36.4 Å². The molecular weight excluding hydrogens is 288 g/mol. The Hall–Kier alpha value is -0.750. The molecule has 1 fully saturated rings. The molecule has 0 unspecified atom stereocenters. The van der Waals surface area contributed by atoms with E-state index in [2.05, 4.69) is 33.6 Å². The predicted octanol–water partition coefficient (Wildman–Crippen LogP) is 3.46. The second-order valence-corrected chi connectivity index (χ2v) is 7.43. The number of aliphatic hydroxyl groups excluding tert-OH is 1. The third kappa shape index (κ3) is 3.11. The van der Waals surface area contributed by atoms with Crippen molar-refractivity contribution in [3.63, 3.8) is 0 Å². The minimum absolute atomic E-state index is 0.334. The van der Waals surface area contributed by atoms with Crippen LogP contribution in [0.5, 0.6) is 0 Å².